The smallest absolute Gasteiger partial charge is 0.329 e. The molecule has 4 nitrogen and oxygen atoms in total. The zero-order valence-corrected chi connectivity index (χ0v) is 23.3. The van der Waals surface area contributed by atoms with Crippen LogP contribution in [-0.2, 0) is 6.18 Å². The van der Waals surface area contributed by atoms with Crippen LogP contribution in [0, 0.1) is 0 Å². The standard InChI is InChI=1S/C23H16Br2ClF9N2O2/c1-37(20(39)36-10-21(27,28)29)9-18(38)13-4-2-11(6-15(13)23(33,34)35)3-5-14(22(30,31)32)12-7-16(24)19(26)17(25)8-12/h2-8,14H,9-10H2,1H3,(H,36,39)/b5-3+. The maximum atomic E-state index is 13.8. The van der Waals surface area contributed by atoms with Gasteiger partial charge in [-0.3, -0.25) is 4.79 Å². The Bertz CT molecular complexity index is 1240. The number of halogens is 12. The molecule has 0 fully saturated rings. The molecule has 0 saturated carbocycles. The Morgan fingerprint density at radius 1 is 1.00 bits per heavy atom. The second kappa shape index (κ2) is 12.5. The fraction of sp³-hybridized carbons (Fsp3) is 0.304. The first-order valence-corrected chi connectivity index (χ1v) is 12.4. The van der Waals surface area contributed by atoms with Gasteiger partial charge in [-0.15, -0.1) is 0 Å². The lowest BCUT2D eigenvalue weighted by molar-refractivity contribution is -0.139. The van der Waals surface area contributed by atoms with Gasteiger partial charge in [-0.1, -0.05) is 35.9 Å². The van der Waals surface area contributed by atoms with E-state index in [9.17, 15) is 49.1 Å². The van der Waals surface area contributed by atoms with E-state index in [0.29, 0.717) is 23.1 Å². The van der Waals surface area contributed by atoms with Crippen LogP contribution in [0.4, 0.5) is 44.3 Å². The number of benzene rings is 2. The molecule has 16 heteroatoms. The molecule has 1 atom stereocenters. The van der Waals surface area contributed by atoms with Gasteiger partial charge in [-0.05, 0) is 61.2 Å². The third kappa shape index (κ3) is 9.41. The summed E-state index contributed by atoms with van der Waals surface area (Å²) < 4.78 is 120. The molecule has 2 aromatic rings. The average molecular weight is 719 g/mol. The van der Waals surface area contributed by atoms with Crippen molar-refractivity contribution in [3.05, 3.63) is 72.6 Å². The van der Waals surface area contributed by atoms with Crippen molar-refractivity contribution in [3.8, 4) is 0 Å². The molecule has 2 amide bonds. The summed E-state index contributed by atoms with van der Waals surface area (Å²) in [4.78, 5) is 24.7. The number of amides is 2. The minimum Gasteiger partial charge on any atom is -0.329 e. The van der Waals surface area contributed by atoms with Crippen molar-refractivity contribution < 1.29 is 49.1 Å². The fourth-order valence-electron chi connectivity index (χ4n) is 3.20. The summed E-state index contributed by atoms with van der Waals surface area (Å²) in [6, 6.07) is 3.00. The molecule has 0 saturated heterocycles. The number of carbonyl (C=O) groups excluding carboxylic acids is 2. The number of allylic oxidation sites excluding steroid dienone is 1. The second-order valence-corrected chi connectivity index (χ2v) is 10.1. The van der Waals surface area contributed by atoms with Gasteiger partial charge in [-0.2, -0.15) is 39.5 Å². The monoisotopic (exact) mass is 716 g/mol. The van der Waals surface area contributed by atoms with E-state index in [1.165, 1.54) is 5.32 Å². The number of nitrogens with zero attached hydrogens (tertiary/aromatic N) is 1. The van der Waals surface area contributed by atoms with Gasteiger partial charge in [0.05, 0.1) is 23.0 Å². The van der Waals surface area contributed by atoms with Gasteiger partial charge in [-0.25, -0.2) is 4.79 Å². The van der Waals surface area contributed by atoms with E-state index in [-0.39, 0.29) is 25.1 Å². The first kappa shape index (κ1) is 32.9. The number of alkyl halides is 9. The van der Waals surface area contributed by atoms with Gasteiger partial charge >= 0.3 is 24.6 Å². The summed E-state index contributed by atoms with van der Waals surface area (Å²) in [5.74, 6) is -3.49. The Labute approximate surface area is 237 Å². The molecule has 0 heterocycles. The highest BCUT2D eigenvalue weighted by Gasteiger charge is 2.40. The number of likely N-dealkylation sites (N-methyl/N-ethyl adjacent to an activating group) is 1. The Kier molecular flexibility index (Phi) is 10.6. The molecule has 2 aromatic carbocycles. The third-order valence-corrected chi connectivity index (χ3v) is 7.13. The number of urea groups is 1. The maximum Gasteiger partial charge on any atom is 0.417 e. The summed E-state index contributed by atoms with van der Waals surface area (Å²) in [5, 5.41) is 1.58. The molecule has 0 aromatic heterocycles. The summed E-state index contributed by atoms with van der Waals surface area (Å²) in [7, 11) is 0.902. The SMILES string of the molecule is CN(CC(=O)c1ccc(/C=C/C(c2cc(Br)c(Cl)c(Br)c2)C(F)(F)F)cc1C(F)(F)F)C(=O)NCC(F)(F)F. The van der Waals surface area contributed by atoms with Crippen LogP contribution in [0.25, 0.3) is 6.08 Å². The molecule has 0 aliphatic heterocycles. The lowest BCUT2D eigenvalue weighted by Gasteiger charge is -2.20. The summed E-state index contributed by atoms with van der Waals surface area (Å²) in [5.41, 5.74) is -3.01. The zero-order valence-electron chi connectivity index (χ0n) is 19.3. The lowest BCUT2D eigenvalue weighted by Crippen LogP contribution is -2.43. The van der Waals surface area contributed by atoms with Crippen LogP contribution in [0.1, 0.15) is 33.0 Å². The number of rotatable bonds is 7. The highest BCUT2D eigenvalue weighted by atomic mass is 79.9. The van der Waals surface area contributed by atoms with Gasteiger partial charge < -0.3 is 10.2 Å². The van der Waals surface area contributed by atoms with Crippen LogP contribution >= 0.6 is 43.5 Å². The van der Waals surface area contributed by atoms with Crippen LogP contribution in [0.3, 0.4) is 0 Å². The molecule has 0 radical (unpaired) electrons. The van der Waals surface area contributed by atoms with Crippen LogP contribution < -0.4 is 5.32 Å². The van der Waals surface area contributed by atoms with E-state index in [4.69, 9.17) is 11.6 Å². The molecular weight excluding hydrogens is 703 g/mol. The van der Waals surface area contributed by atoms with Crippen LogP contribution in [0.5, 0.6) is 0 Å². The number of Topliss-reactive ketones (excluding diaryl/α,β-unsaturated/α-hetero) is 1. The fourth-order valence-corrected chi connectivity index (χ4v) is 4.53. The van der Waals surface area contributed by atoms with Gasteiger partial charge in [0.2, 0.25) is 0 Å². The van der Waals surface area contributed by atoms with E-state index in [1.807, 2.05) is 0 Å². The number of carbonyl (C=O) groups is 2. The van der Waals surface area contributed by atoms with Gasteiger partial charge in [0.25, 0.3) is 0 Å². The average Bonchev–Trinajstić information content (AvgIpc) is 2.78. The van der Waals surface area contributed by atoms with Gasteiger partial charge in [0.15, 0.2) is 5.78 Å². The first-order valence-electron chi connectivity index (χ1n) is 10.4. The number of ketones is 1. The van der Waals surface area contributed by atoms with Crippen molar-refractivity contribution in [1.82, 2.24) is 10.2 Å². The van der Waals surface area contributed by atoms with E-state index in [0.717, 1.165) is 31.3 Å². The Morgan fingerprint density at radius 2 is 1.56 bits per heavy atom. The molecular formula is C23H16Br2ClF9N2O2. The summed E-state index contributed by atoms with van der Waals surface area (Å²) >= 11 is 12.0. The molecule has 2 rings (SSSR count). The second-order valence-electron chi connectivity index (χ2n) is 8.03. The quantitative estimate of drug-likeness (QED) is 0.177. The Hall–Kier alpha value is -2.26. The molecule has 39 heavy (non-hydrogen) atoms. The summed E-state index contributed by atoms with van der Waals surface area (Å²) in [6.07, 6.45) is -13.3. The van der Waals surface area contributed by atoms with E-state index in [2.05, 4.69) is 31.9 Å². The molecule has 1 N–H and O–H groups in total. The molecule has 0 spiro atoms. The topological polar surface area (TPSA) is 49.4 Å². The van der Waals surface area contributed by atoms with Crippen molar-refractivity contribution in [3.63, 3.8) is 0 Å². The maximum absolute atomic E-state index is 13.8. The van der Waals surface area contributed by atoms with Crippen molar-refractivity contribution in [2.45, 2.75) is 24.4 Å². The van der Waals surface area contributed by atoms with Crippen LogP contribution in [-0.4, -0.2) is 49.2 Å². The number of nitrogens with one attached hydrogen (secondary N) is 1. The molecule has 0 aliphatic carbocycles. The molecule has 1 unspecified atom stereocenters. The van der Waals surface area contributed by atoms with Crippen molar-refractivity contribution in [1.29, 1.82) is 0 Å². The van der Waals surface area contributed by atoms with Gasteiger partial charge in [0, 0.05) is 21.6 Å². The number of hydrogen-bond donors (Lipinski definition) is 1. The predicted octanol–water partition coefficient (Wildman–Crippen LogP) is 8.63. The predicted molar refractivity (Wildman–Crippen MR) is 133 cm³/mol. The Morgan fingerprint density at radius 3 is 2.05 bits per heavy atom. The first-order chi connectivity index (χ1) is 17.7. The highest BCUT2D eigenvalue weighted by molar-refractivity contribution is 9.11. The highest BCUT2D eigenvalue weighted by Crippen LogP contribution is 2.41. The van der Waals surface area contributed by atoms with E-state index in [1.54, 1.807) is 0 Å². The van der Waals surface area contributed by atoms with Crippen molar-refractivity contribution in [2.75, 3.05) is 20.1 Å². The van der Waals surface area contributed by atoms with E-state index >= 15 is 0 Å². The van der Waals surface area contributed by atoms with Crippen molar-refractivity contribution >= 4 is 61.4 Å². The number of hydrogen-bond acceptors (Lipinski definition) is 2. The Balaban J connectivity index is 2.37. The lowest BCUT2D eigenvalue weighted by atomic mass is 9.95. The van der Waals surface area contributed by atoms with Crippen molar-refractivity contribution in [2.24, 2.45) is 0 Å². The van der Waals surface area contributed by atoms with E-state index < -0.39 is 60.5 Å². The largest absolute Gasteiger partial charge is 0.417 e. The van der Waals surface area contributed by atoms with Gasteiger partial charge in [0.1, 0.15) is 6.54 Å². The van der Waals surface area contributed by atoms with Crippen LogP contribution in [0.15, 0.2) is 45.4 Å². The molecule has 0 aliphatic rings. The molecule has 0 bridgehead atoms. The minimum atomic E-state index is -5.12. The zero-order chi connectivity index (χ0) is 29.9. The van der Waals surface area contributed by atoms with Crippen LogP contribution in [0.2, 0.25) is 5.02 Å². The molecule has 214 valence electrons. The summed E-state index contributed by atoms with van der Waals surface area (Å²) in [6.45, 7) is -2.72. The third-order valence-electron chi connectivity index (χ3n) is 5.02. The normalized spacial score (nSPS) is 13.5. The minimum absolute atomic E-state index is 0.113.